The number of ether oxygens (including phenoxy) is 1. The lowest BCUT2D eigenvalue weighted by atomic mass is 10.0. The topological polar surface area (TPSA) is 62.7 Å². The first-order chi connectivity index (χ1) is 10.4. The second kappa shape index (κ2) is 6.89. The van der Waals surface area contributed by atoms with Crippen LogP contribution in [0.5, 0.6) is 5.75 Å². The molecule has 0 aliphatic rings. The van der Waals surface area contributed by atoms with E-state index in [1.807, 2.05) is 31.4 Å². The molecule has 2 rings (SSSR count). The van der Waals surface area contributed by atoms with E-state index in [9.17, 15) is 9.90 Å². The van der Waals surface area contributed by atoms with E-state index < -0.39 is 12.0 Å². The van der Waals surface area contributed by atoms with Crippen molar-refractivity contribution < 1.29 is 14.6 Å². The monoisotopic (exact) mass is 320 g/mol. The Morgan fingerprint density at radius 3 is 2.73 bits per heavy atom. The van der Waals surface area contributed by atoms with E-state index in [1.165, 1.54) is 0 Å². The van der Waals surface area contributed by atoms with E-state index in [1.54, 1.807) is 36.5 Å². The van der Waals surface area contributed by atoms with E-state index in [0.29, 0.717) is 17.9 Å². The zero-order valence-corrected chi connectivity index (χ0v) is 14.0. The fourth-order valence-electron chi connectivity index (χ4n) is 2.45. The minimum Gasteiger partial charge on any atom is -0.496 e. The predicted molar refractivity (Wildman–Crippen MR) is 86.4 cm³/mol. The largest absolute Gasteiger partial charge is 0.496 e. The number of aromatic nitrogens is 1. The molecule has 1 aromatic carbocycles. The molecule has 0 saturated carbocycles. The van der Waals surface area contributed by atoms with Crippen molar-refractivity contribution >= 4 is 17.3 Å². The van der Waals surface area contributed by atoms with Gasteiger partial charge in [-0.1, -0.05) is 17.7 Å². The van der Waals surface area contributed by atoms with Gasteiger partial charge >= 0.3 is 5.97 Å². The minimum atomic E-state index is -0.904. The Kier molecular flexibility index (Phi) is 5.15. The molecule has 1 atom stereocenters. The molecule has 1 aromatic heterocycles. The Balaban J connectivity index is 2.33. The molecule has 1 N–H and O–H groups in total. The van der Waals surface area contributed by atoms with Crippen molar-refractivity contribution in [1.82, 2.24) is 9.88 Å². The quantitative estimate of drug-likeness (QED) is 0.886. The lowest BCUT2D eigenvalue weighted by Gasteiger charge is -2.26. The zero-order valence-electron chi connectivity index (χ0n) is 13.2. The molecule has 0 unspecified atom stereocenters. The Morgan fingerprint density at radius 2 is 2.18 bits per heavy atom. The van der Waals surface area contributed by atoms with Gasteiger partial charge in [-0.05, 0) is 27.0 Å². The van der Waals surface area contributed by atoms with Gasteiger partial charge in [-0.2, -0.15) is 0 Å². The van der Waals surface area contributed by atoms with Crippen LogP contribution in [0.3, 0.4) is 0 Å². The fourth-order valence-corrected chi connectivity index (χ4v) is 3.06. The highest BCUT2D eigenvalue weighted by Crippen LogP contribution is 2.31. The summed E-state index contributed by atoms with van der Waals surface area (Å²) in [6, 6.07) is 4.80. The lowest BCUT2D eigenvalue weighted by Crippen LogP contribution is -2.31. The van der Waals surface area contributed by atoms with Gasteiger partial charge in [0.1, 0.15) is 11.8 Å². The van der Waals surface area contributed by atoms with Crippen molar-refractivity contribution in [2.75, 3.05) is 14.2 Å². The Bertz CT molecular complexity index is 669. The van der Waals surface area contributed by atoms with Crippen LogP contribution in [0, 0.1) is 13.8 Å². The lowest BCUT2D eigenvalue weighted by molar-refractivity contribution is -0.143. The number of likely N-dealkylation sites (N-methyl/N-ethyl adjacent to an activating group) is 1. The number of rotatable bonds is 6. The normalized spacial score (nSPS) is 12.4. The third kappa shape index (κ3) is 3.64. The van der Waals surface area contributed by atoms with Gasteiger partial charge < -0.3 is 9.84 Å². The number of nitrogens with zero attached hydrogens (tertiary/aromatic N) is 2. The Morgan fingerprint density at radius 1 is 1.45 bits per heavy atom. The van der Waals surface area contributed by atoms with Crippen LogP contribution in [0.1, 0.15) is 27.9 Å². The molecule has 0 aliphatic heterocycles. The summed E-state index contributed by atoms with van der Waals surface area (Å²) < 4.78 is 5.33. The third-order valence-corrected chi connectivity index (χ3v) is 4.25. The number of thiazole rings is 1. The molecule has 0 spiro atoms. The van der Waals surface area contributed by atoms with E-state index in [0.717, 1.165) is 16.3 Å². The second-order valence-corrected chi connectivity index (χ2v) is 6.32. The number of aryl methyl sites for hydroxylation is 2. The van der Waals surface area contributed by atoms with Crippen LogP contribution in [-0.4, -0.2) is 35.1 Å². The van der Waals surface area contributed by atoms with Crippen LogP contribution in [0.2, 0.25) is 0 Å². The average Bonchev–Trinajstić information content (AvgIpc) is 2.84. The van der Waals surface area contributed by atoms with Crippen LogP contribution in [0.4, 0.5) is 0 Å². The summed E-state index contributed by atoms with van der Waals surface area (Å²) in [4.78, 5) is 18.0. The summed E-state index contributed by atoms with van der Waals surface area (Å²) in [6.45, 7) is 4.34. The van der Waals surface area contributed by atoms with Crippen LogP contribution < -0.4 is 4.74 Å². The highest BCUT2D eigenvalue weighted by atomic mass is 32.1. The number of carboxylic acid groups (broad SMARTS) is 1. The van der Waals surface area contributed by atoms with Crippen molar-refractivity contribution in [3.05, 3.63) is 45.4 Å². The van der Waals surface area contributed by atoms with E-state index in [2.05, 4.69) is 4.98 Å². The molecular formula is C16H20N2O3S. The van der Waals surface area contributed by atoms with Crippen molar-refractivity contribution in [3.63, 3.8) is 0 Å². The molecule has 22 heavy (non-hydrogen) atoms. The minimum absolute atomic E-state index is 0.471. The van der Waals surface area contributed by atoms with Crippen LogP contribution in [-0.2, 0) is 11.3 Å². The van der Waals surface area contributed by atoms with Gasteiger partial charge in [-0.15, -0.1) is 11.3 Å². The first kappa shape index (κ1) is 16.5. The molecule has 0 bridgehead atoms. The van der Waals surface area contributed by atoms with Crippen molar-refractivity contribution in [2.45, 2.75) is 26.4 Å². The number of carboxylic acids is 1. The number of benzene rings is 1. The standard InChI is InChI=1S/C16H20N2O3S/c1-10-5-6-14(21-4)13(7-10)15(16(19)20)18(3)8-12-9-22-11(2)17-12/h5-7,9,15H,8H2,1-4H3,(H,19,20)/t15-/m0/s1. The molecule has 2 aromatic rings. The van der Waals surface area contributed by atoms with Gasteiger partial charge in [0.15, 0.2) is 0 Å². The highest BCUT2D eigenvalue weighted by molar-refractivity contribution is 7.09. The van der Waals surface area contributed by atoms with E-state index >= 15 is 0 Å². The summed E-state index contributed by atoms with van der Waals surface area (Å²) in [5, 5.41) is 12.6. The molecular weight excluding hydrogens is 300 g/mol. The number of aliphatic carboxylic acids is 1. The smallest absolute Gasteiger partial charge is 0.325 e. The molecule has 0 radical (unpaired) electrons. The zero-order chi connectivity index (χ0) is 16.3. The second-order valence-electron chi connectivity index (χ2n) is 5.26. The number of methoxy groups -OCH3 is 1. The highest BCUT2D eigenvalue weighted by Gasteiger charge is 2.28. The summed E-state index contributed by atoms with van der Waals surface area (Å²) in [5.41, 5.74) is 2.53. The van der Waals surface area contributed by atoms with Gasteiger partial charge in [0.2, 0.25) is 0 Å². The molecule has 0 fully saturated rings. The number of hydrogen-bond donors (Lipinski definition) is 1. The number of hydrogen-bond acceptors (Lipinski definition) is 5. The summed E-state index contributed by atoms with van der Waals surface area (Å²) in [7, 11) is 3.34. The molecule has 0 amide bonds. The third-order valence-electron chi connectivity index (χ3n) is 3.43. The van der Waals surface area contributed by atoms with E-state index in [4.69, 9.17) is 4.74 Å². The van der Waals surface area contributed by atoms with Gasteiger partial charge in [0.25, 0.3) is 0 Å². The van der Waals surface area contributed by atoms with Crippen molar-refractivity contribution in [1.29, 1.82) is 0 Å². The van der Waals surface area contributed by atoms with Crippen LogP contribution in [0.25, 0.3) is 0 Å². The van der Waals surface area contributed by atoms with E-state index in [-0.39, 0.29) is 0 Å². The van der Waals surface area contributed by atoms with Crippen molar-refractivity contribution in [3.8, 4) is 5.75 Å². The summed E-state index contributed by atoms with van der Waals surface area (Å²) >= 11 is 1.56. The molecule has 0 saturated heterocycles. The Labute approximate surface area is 134 Å². The number of carbonyl (C=O) groups is 1. The average molecular weight is 320 g/mol. The maximum Gasteiger partial charge on any atom is 0.325 e. The predicted octanol–water partition coefficient (Wildman–Crippen LogP) is 3.03. The molecule has 1 heterocycles. The molecule has 6 heteroatoms. The Hall–Kier alpha value is -1.92. The fraction of sp³-hybridized carbons (Fsp3) is 0.375. The first-order valence-corrected chi connectivity index (χ1v) is 7.79. The van der Waals surface area contributed by atoms with Gasteiger partial charge in [-0.3, -0.25) is 9.69 Å². The molecule has 118 valence electrons. The van der Waals surface area contributed by atoms with Crippen LogP contribution in [0.15, 0.2) is 23.6 Å². The molecule has 0 aliphatic carbocycles. The first-order valence-electron chi connectivity index (χ1n) is 6.91. The van der Waals surface area contributed by atoms with Crippen LogP contribution >= 0.6 is 11.3 Å². The molecule has 5 nitrogen and oxygen atoms in total. The maximum atomic E-state index is 11.8. The van der Waals surface area contributed by atoms with Crippen molar-refractivity contribution in [2.24, 2.45) is 0 Å². The summed E-state index contributed by atoms with van der Waals surface area (Å²) in [6.07, 6.45) is 0. The van der Waals surface area contributed by atoms with Gasteiger partial charge in [-0.25, -0.2) is 4.98 Å². The van der Waals surface area contributed by atoms with Gasteiger partial charge in [0, 0.05) is 17.5 Å². The van der Waals surface area contributed by atoms with Gasteiger partial charge in [0.05, 0.1) is 17.8 Å². The SMILES string of the molecule is COc1ccc(C)cc1[C@@H](C(=O)O)N(C)Cc1csc(C)n1. The summed E-state index contributed by atoms with van der Waals surface area (Å²) in [5.74, 6) is -0.322. The maximum absolute atomic E-state index is 11.8.